The van der Waals surface area contributed by atoms with Crippen LogP contribution in [0.5, 0.6) is 0 Å². The van der Waals surface area contributed by atoms with Crippen molar-refractivity contribution in [1.82, 2.24) is 10.2 Å². The molecular weight excluding hydrogens is 322 g/mol. The van der Waals surface area contributed by atoms with Crippen LogP contribution in [0.25, 0.3) is 0 Å². The predicted molar refractivity (Wildman–Crippen MR) is 94.8 cm³/mol. The highest BCUT2D eigenvalue weighted by Crippen LogP contribution is 2.40. The molecule has 1 heterocycles. The molecule has 2 fully saturated rings. The second-order valence-corrected chi connectivity index (χ2v) is 6.28. The third-order valence-electron chi connectivity index (χ3n) is 4.94. The fourth-order valence-electron chi connectivity index (χ4n) is 3.95. The first kappa shape index (κ1) is 19.7. The quantitative estimate of drug-likeness (QED) is 0.883. The van der Waals surface area contributed by atoms with E-state index in [4.69, 9.17) is 0 Å². The summed E-state index contributed by atoms with van der Waals surface area (Å²) in [6.07, 6.45) is 5.36. The van der Waals surface area contributed by atoms with Crippen LogP contribution in [0.1, 0.15) is 42.9 Å². The normalized spacial score (nSPS) is 21.0. The van der Waals surface area contributed by atoms with Gasteiger partial charge in [0.2, 0.25) is 0 Å². The average Bonchev–Trinajstić information content (AvgIpc) is 2.97. The molecule has 3 rings (SSSR count). The standard InChI is InChI=1S/C17H25FN2.2ClH/c1-13-12-15(18)6-7-16(13)17(14-4-2-3-5-14)20-10-8-19-9-11-20;;/h6-7,12,14,17,19H,2-5,8-11H2,1H3;2*1H/t17-;;/m0../s1. The second kappa shape index (κ2) is 9.07. The Hall–Kier alpha value is -0.350. The van der Waals surface area contributed by atoms with Gasteiger partial charge in [0, 0.05) is 32.2 Å². The molecule has 0 radical (unpaired) electrons. The number of halogens is 3. The fourth-order valence-corrected chi connectivity index (χ4v) is 3.95. The molecule has 1 N–H and O–H groups in total. The summed E-state index contributed by atoms with van der Waals surface area (Å²) in [7, 11) is 0. The van der Waals surface area contributed by atoms with Crippen LogP contribution in [-0.4, -0.2) is 31.1 Å². The summed E-state index contributed by atoms with van der Waals surface area (Å²) in [6.45, 7) is 6.42. The third kappa shape index (κ3) is 4.35. The maximum atomic E-state index is 13.4. The Morgan fingerprint density at radius 2 is 1.77 bits per heavy atom. The lowest BCUT2D eigenvalue weighted by Crippen LogP contribution is -2.46. The lowest BCUT2D eigenvalue weighted by atomic mass is 9.87. The molecule has 1 aliphatic heterocycles. The molecule has 0 spiro atoms. The average molecular weight is 349 g/mol. The van der Waals surface area contributed by atoms with Gasteiger partial charge in [-0.2, -0.15) is 0 Å². The Kier molecular flexibility index (Phi) is 8.12. The molecule has 5 heteroatoms. The minimum atomic E-state index is -0.114. The highest BCUT2D eigenvalue weighted by Gasteiger charge is 2.32. The topological polar surface area (TPSA) is 15.3 Å². The molecule has 2 aliphatic rings. The van der Waals surface area contributed by atoms with Crippen molar-refractivity contribution in [2.75, 3.05) is 26.2 Å². The zero-order valence-corrected chi connectivity index (χ0v) is 14.8. The van der Waals surface area contributed by atoms with Gasteiger partial charge in [0.15, 0.2) is 0 Å². The Balaban J connectivity index is 0.00000121. The summed E-state index contributed by atoms with van der Waals surface area (Å²) in [4.78, 5) is 2.62. The zero-order valence-electron chi connectivity index (χ0n) is 13.2. The molecular formula is C17H27Cl2FN2. The predicted octanol–water partition coefficient (Wildman–Crippen LogP) is 4.11. The van der Waals surface area contributed by atoms with Crippen molar-refractivity contribution in [2.45, 2.75) is 38.6 Å². The van der Waals surface area contributed by atoms with Gasteiger partial charge in [-0.3, -0.25) is 4.90 Å². The van der Waals surface area contributed by atoms with Crippen LogP contribution in [0.15, 0.2) is 18.2 Å². The number of nitrogens with one attached hydrogen (secondary N) is 1. The van der Waals surface area contributed by atoms with E-state index in [1.807, 2.05) is 6.07 Å². The minimum absolute atomic E-state index is 0. The largest absolute Gasteiger partial charge is 0.314 e. The van der Waals surface area contributed by atoms with Crippen molar-refractivity contribution in [3.05, 3.63) is 35.1 Å². The van der Waals surface area contributed by atoms with Gasteiger partial charge in [0.1, 0.15) is 5.82 Å². The molecule has 126 valence electrons. The van der Waals surface area contributed by atoms with E-state index < -0.39 is 0 Å². The molecule has 1 atom stereocenters. The van der Waals surface area contributed by atoms with Gasteiger partial charge < -0.3 is 5.32 Å². The van der Waals surface area contributed by atoms with Crippen LogP contribution >= 0.6 is 24.8 Å². The van der Waals surface area contributed by atoms with E-state index in [-0.39, 0.29) is 30.6 Å². The summed E-state index contributed by atoms with van der Waals surface area (Å²) in [5, 5.41) is 3.43. The fraction of sp³-hybridized carbons (Fsp3) is 0.647. The molecule has 0 unspecified atom stereocenters. The van der Waals surface area contributed by atoms with Gasteiger partial charge >= 0.3 is 0 Å². The monoisotopic (exact) mass is 348 g/mol. The Bertz CT molecular complexity index is 458. The van der Waals surface area contributed by atoms with Crippen LogP contribution < -0.4 is 5.32 Å². The molecule has 0 bridgehead atoms. The number of nitrogens with zero attached hydrogens (tertiary/aromatic N) is 1. The van der Waals surface area contributed by atoms with E-state index in [2.05, 4.69) is 17.1 Å². The van der Waals surface area contributed by atoms with Crippen molar-refractivity contribution in [2.24, 2.45) is 5.92 Å². The summed E-state index contributed by atoms with van der Waals surface area (Å²) >= 11 is 0. The summed E-state index contributed by atoms with van der Waals surface area (Å²) < 4.78 is 13.4. The lowest BCUT2D eigenvalue weighted by molar-refractivity contribution is 0.125. The second-order valence-electron chi connectivity index (χ2n) is 6.28. The van der Waals surface area contributed by atoms with Gasteiger partial charge in [-0.05, 0) is 48.9 Å². The molecule has 0 aromatic heterocycles. The van der Waals surface area contributed by atoms with Crippen LogP contribution in [0.3, 0.4) is 0 Å². The van der Waals surface area contributed by atoms with Crippen molar-refractivity contribution < 1.29 is 4.39 Å². The van der Waals surface area contributed by atoms with Crippen LogP contribution in [0.2, 0.25) is 0 Å². The van der Waals surface area contributed by atoms with Crippen LogP contribution in [0, 0.1) is 18.7 Å². The molecule has 1 aromatic rings. The molecule has 1 saturated heterocycles. The SMILES string of the molecule is Cc1cc(F)ccc1[C@H](C1CCCC1)N1CCNCC1.Cl.Cl. The van der Waals surface area contributed by atoms with Gasteiger partial charge in [-0.15, -0.1) is 24.8 Å². The number of hydrogen-bond donors (Lipinski definition) is 1. The summed E-state index contributed by atoms with van der Waals surface area (Å²) in [6, 6.07) is 5.84. The first-order chi connectivity index (χ1) is 9.75. The maximum absolute atomic E-state index is 13.4. The van der Waals surface area contributed by atoms with Gasteiger partial charge in [0.05, 0.1) is 0 Å². The highest BCUT2D eigenvalue weighted by atomic mass is 35.5. The molecule has 1 aromatic carbocycles. The Morgan fingerprint density at radius 3 is 2.36 bits per heavy atom. The lowest BCUT2D eigenvalue weighted by Gasteiger charge is -2.39. The number of rotatable bonds is 3. The van der Waals surface area contributed by atoms with Gasteiger partial charge in [0.25, 0.3) is 0 Å². The zero-order chi connectivity index (χ0) is 13.9. The molecule has 2 nitrogen and oxygen atoms in total. The minimum Gasteiger partial charge on any atom is -0.314 e. The molecule has 0 amide bonds. The van der Waals surface area contributed by atoms with Crippen molar-refractivity contribution in [3.63, 3.8) is 0 Å². The van der Waals surface area contributed by atoms with Crippen LogP contribution in [-0.2, 0) is 0 Å². The summed E-state index contributed by atoms with van der Waals surface area (Å²) in [5.74, 6) is 0.633. The van der Waals surface area contributed by atoms with E-state index in [0.717, 1.165) is 37.7 Å². The van der Waals surface area contributed by atoms with Crippen molar-refractivity contribution in [1.29, 1.82) is 0 Å². The van der Waals surface area contributed by atoms with Gasteiger partial charge in [-0.1, -0.05) is 18.9 Å². The summed E-state index contributed by atoms with van der Waals surface area (Å²) in [5.41, 5.74) is 2.46. The number of hydrogen-bond acceptors (Lipinski definition) is 2. The maximum Gasteiger partial charge on any atom is 0.123 e. The smallest absolute Gasteiger partial charge is 0.123 e. The first-order valence-corrected chi connectivity index (χ1v) is 7.96. The Morgan fingerprint density at radius 1 is 1.14 bits per heavy atom. The number of aryl methyl sites for hydroxylation is 1. The van der Waals surface area contributed by atoms with Crippen molar-refractivity contribution in [3.8, 4) is 0 Å². The van der Waals surface area contributed by atoms with Crippen LogP contribution in [0.4, 0.5) is 4.39 Å². The highest BCUT2D eigenvalue weighted by molar-refractivity contribution is 5.85. The van der Waals surface area contributed by atoms with Crippen molar-refractivity contribution >= 4 is 24.8 Å². The van der Waals surface area contributed by atoms with E-state index >= 15 is 0 Å². The van der Waals surface area contributed by atoms with Gasteiger partial charge in [-0.25, -0.2) is 4.39 Å². The number of benzene rings is 1. The third-order valence-corrected chi connectivity index (χ3v) is 4.94. The van der Waals surface area contributed by atoms with E-state index in [1.165, 1.54) is 31.2 Å². The number of piperazine rings is 1. The molecule has 1 aliphatic carbocycles. The molecule has 22 heavy (non-hydrogen) atoms. The van der Waals surface area contributed by atoms with E-state index in [9.17, 15) is 4.39 Å². The molecule has 1 saturated carbocycles. The Labute approximate surface area is 145 Å². The van der Waals surface area contributed by atoms with E-state index in [0.29, 0.717) is 6.04 Å². The van der Waals surface area contributed by atoms with E-state index in [1.54, 1.807) is 12.1 Å². The first-order valence-electron chi connectivity index (χ1n) is 7.96.